The summed E-state index contributed by atoms with van der Waals surface area (Å²) in [5.74, 6) is 0.105. The summed E-state index contributed by atoms with van der Waals surface area (Å²) in [5, 5.41) is 0.743. The number of nitrogens with zero attached hydrogens (tertiary/aromatic N) is 1. The predicted molar refractivity (Wildman–Crippen MR) is 84.6 cm³/mol. The summed E-state index contributed by atoms with van der Waals surface area (Å²) in [5.41, 5.74) is 2.64. The van der Waals surface area contributed by atoms with Gasteiger partial charge in [0.2, 0.25) is 0 Å². The zero-order valence-electron chi connectivity index (χ0n) is 12.6. The Hall–Kier alpha value is -0.870. The fourth-order valence-electron chi connectivity index (χ4n) is 2.67. The van der Waals surface area contributed by atoms with E-state index >= 15 is 0 Å². The molecule has 110 valence electrons. The van der Waals surface area contributed by atoms with E-state index in [0.717, 1.165) is 22.0 Å². The van der Waals surface area contributed by atoms with Gasteiger partial charge in [0.15, 0.2) is 0 Å². The van der Waals surface area contributed by atoms with Crippen LogP contribution in [-0.2, 0) is 4.74 Å². The molecule has 0 radical (unpaired) electrons. The van der Waals surface area contributed by atoms with Gasteiger partial charge in [-0.3, -0.25) is 4.79 Å². The van der Waals surface area contributed by atoms with Gasteiger partial charge in [0, 0.05) is 24.0 Å². The van der Waals surface area contributed by atoms with Crippen molar-refractivity contribution in [2.75, 3.05) is 18.4 Å². The third-order valence-electron chi connectivity index (χ3n) is 3.56. The molecule has 1 fully saturated rings. The molecular weight excluding hydrogens is 318 g/mol. The van der Waals surface area contributed by atoms with Crippen LogP contribution in [0, 0.1) is 13.8 Å². The van der Waals surface area contributed by atoms with Crippen LogP contribution in [0.25, 0.3) is 0 Å². The molecule has 3 nitrogen and oxygen atoms in total. The highest BCUT2D eigenvalue weighted by Crippen LogP contribution is 2.24. The lowest BCUT2D eigenvalue weighted by Crippen LogP contribution is -2.55. The molecule has 1 saturated heterocycles. The van der Waals surface area contributed by atoms with Gasteiger partial charge < -0.3 is 9.64 Å². The number of rotatable bonds is 2. The van der Waals surface area contributed by atoms with E-state index in [0.29, 0.717) is 13.1 Å². The summed E-state index contributed by atoms with van der Waals surface area (Å²) in [6, 6.07) is 6.02. The standard InChI is InChI=1S/C16H22BrNO2/c1-11-5-6-12(2)14(7-11)15(19)18-9-13(8-17)20-16(3,4)10-18/h5-7,13H,8-10H2,1-4H3. The third kappa shape index (κ3) is 3.41. The van der Waals surface area contributed by atoms with Gasteiger partial charge >= 0.3 is 0 Å². The van der Waals surface area contributed by atoms with Crippen molar-refractivity contribution < 1.29 is 9.53 Å². The Bertz CT molecular complexity index is 513. The van der Waals surface area contributed by atoms with Gasteiger partial charge in [-0.15, -0.1) is 0 Å². The maximum absolute atomic E-state index is 12.8. The van der Waals surface area contributed by atoms with Crippen LogP contribution in [0.2, 0.25) is 0 Å². The van der Waals surface area contributed by atoms with E-state index in [1.807, 2.05) is 50.8 Å². The molecule has 20 heavy (non-hydrogen) atoms. The number of hydrogen-bond acceptors (Lipinski definition) is 2. The molecule has 0 bridgehead atoms. The molecule has 4 heteroatoms. The number of carbonyl (C=O) groups is 1. The van der Waals surface area contributed by atoms with Crippen LogP contribution < -0.4 is 0 Å². The van der Waals surface area contributed by atoms with Crippen LogP contribution in [0.4, 0.5) is 0 Å². The van der Waals surface area contributed by atoms with Gasteiger partial charge in [0.05, 0.1) is 11.7 Å². The summed E-state index contributed by atoms with van der Waals surface area (Å²) in [4.78, 5) is 14.7. The van der Waals surface area contributed by atoms with Crippen molar-refractivity contribution in [2.24, 2.45) is 0 Å². The van der Waals surface area contributed by atoms with Crippen molar-refractivity contribution in [1.29, 1.82) is 0 Å². The molecule has 1 aliphatic heterocycles. The highest BCUT2D eigenvalue weighted by molar-refractivity contribution is 9.09. The molecule has 1 heterocycles. The first-order valence-corrected chi connectivity index (χ1v) is 8.05. The number of ether oxygens (including phenoxy) is 1. The Labute approximate surface area is 129 Å². The fourth-order valence-corrected chi connectivity index (χ4v) is 3.00. The maximum atomic E-state index is 12.8. The minimum atomic E-state index is -0.302. The molecule has 1 atom stereocenters. The average Bonchev–Trinajstić information content (AvgIpc) is 2.38. The Kier molecular flexibility index (Phi) is 4.55. The lowest BCUT2D eigenvalue weighted by atomic mass is 10.0. The van der Waals surface area contributed by atoms with Gasteiger partial charge in [0.25, 0.3) is 5.91 Å². The molecular formula is C16H22BrNO2. The third-order valence-corrected chi connectivity index (χ3v) is 4.29. The van der Waals surface area contributed by atoms with Gasteiger partial charge in [-0.1, -0.05) is 33.6 Å². The Morgan fingerprint density at radius 3 is 2.80 bits per heavy atom. The molecule has 0 saturated carbocycles. The molecule has 1 unspecified atom stereocenters. The number of aryl methyl sites for hydroxylation is 2. The van der Waals surface area contributed by atoms with Crippen molar-refractivity contribution in [3.8, 4) is 0 Å². The Balaban J connectivity index is 2.25. The lowest BCUT2D eigenvalue weighted by Gasteiger charge is -2.42. The number of alkyl halides is 1. The van der Waals surface area contributed by atoms with Crippen molar-refractivity contribution in [3.63, 3.8) is 0 Å². The quantitative estimate of drug-likeness (QED) is 0.773. The van der Waals surface area contributed by atoms with E-state index in [1.54, 1.807) is 0 Å². The van der Waals surface area contributed by atoms with E-state index in [4.69, 9.17) is 4.74 Å². The number of benzene rings is 1. The van der Waals surface area contributed by atoms with E-state index in [1.165, 1.54) is 0 Å². The Morgan fingerprint density at radius 2 is 2.15 bits per heavy atom. The molecule has 2 rings (SSSR count). The van der Waals surface area contributed by atoms with Crippen LogP contribution in [0.1, 0.15) is 35.3 Å². The normalized spacial score (nSPS) is 21.9. The predicted octanol–water partition coefficient (Wildman–Crippen LogP) is 3.32. The fraction of sp³-hybridized carbons (Fsp3) is 0.562. The largest absolute Gasteiger partial charge is 0.368 e. The summed E-state index contributed by atoms with van der Waals surface area (Å²) in [7, 11) is 0. The molecule has 0 aliphatic carbocycles. The molecule has 0 spiro atoms. The second kappa shape index (κ2) is 5.86. The molecule has 0 N–H and O–H groups in total. The molecule has 1 aromatic rings. The van der Waals surface area contributed by atoms with Crippen LogP contribution in [0.3, 0.4) is 0 Å². The first-order chi connectivity index (χ1) is 9.32. The maximum Gasteiger partial charge on any atom is 0.254 e. The summed E-state index contributed by atoms with van der Waals surface area (Å²) in [6.45, 7) is 9.33. The van der Waals surface area contributed by atoms with Crippen LogP contribution in [0.15, 0.2) is 18.2 Å². The summed E-state index contributed by atoms with van der Waals surface area (Å²) in [6.07, 6.45) is 0.0489. The molecule has 1 amide bonds. The smallest absolute Gasteiger partial charge is 0.254 e. The molecule has 1 aliphatic rings. The number of amides is 1. The van der Waals surface area contributed by atoms with Crippen LogP contribution in [0.5, 0.6) is 0 Å². The molecule has 1 aromatic carbocycles. The zero-order valence-corrected chi connectivity index (χ0v) is 14.2. The average molecular weight is 340 g/mol. The minimum Gasteiger partial charge on any atom is -0.368 e. The summed E-state index contributed by atoms with van der Waals surface area (Å²) >= 11 is 3.46. The number of morpholine rings is 1. The SMILES string of the molecule is Cc1ccc(C)c(C(=O)N2CC(CBr)OC(C)(C)C2)c1. The second-order valence-electron chi connectivity index (χ2n) is 6.16. The summed E-state index contributed by atoms with van der Waals surface area (Å²) < 4.78 is 5.95. The molecule has 0 aromatic heterocycles. The monoisotopic (exact) mass is 339 g/mol. The van der Waals surface area contributed by atoms with E-state index in [2.05, 4.69) is 15.9 Å². The van der Waals surface area contributed by atoms with Crippen molar-refractivity contribution in [3.05, 3.63) is 34.9 Å². The van der Waals surface area contributed by atoms with E-state index < -0.39 is 0 Å². The van der Waals surface area contributed by atoms with Crippen molar-refractivity contribution >= 4 is 21.8 Å². The van der Waals surface area contributed by atoms with E-state index in [9.17, 15) is 4.79 Å². The first-order valence-electron chi connectivity index (χ1n) is 6.93. The highest BCUT2D eigenvalue weighted by atomic mass is 79.9. The zero-order chi connectivity index (χ0) is 14.9. The topological polar surface area (TPSA) is 29.5 Å². The number of hydrogen-bond donors (Lipinski definition) is 0. The van der Waals surface area contributed by atoms with Gasteiger partial charge in [0.1, 0.15) is 0 Å². The number of carbonyl (C=O) groups excluding carboxylic acids is 1. The highest BCUT2D eigenvalue weighted by Gasteiger charge is 2.35. The number of halogens is 1. The first kappa shape index (κ1) is 15.5. The van der Waals surface area contributed by atoms with Gasteiger partial charge in [-0.2, -0.15) is 0 Å². The second-order valence-corrected chi connectivity index (χ2v) is 6.81. The van der Waals surface area contributed by atoms with E-state index in [-0.39, 0.29) is 17.6 Å². The minimum absolute atomic E-state index is 0.0489. The lowest BCUT2D eigenvalue weighted by molar-refractivity contribution is -0.116. The van der Waals surface area contributed by atoms with Crippen molar-refractivity contribution in [1.82, 2.24) is 4.90 Å². The van der Waals surface area contributed by atoms with Crippen LogP contribution in [-0.4, -0.2) is 40.9 Å². The van der Waals surface area contributed by atoms with Crippen LogP contribution >= 0.6 is 15.9 Å². The Morgan fingerprint density at radius 1 is 1.45 bits per heavy atom. The van der Waals surface area contributed by atoms with Gasteiger partial charge in [-0.25, -0.2) is 0 Å². The van der Waals surface area contributed by atoms with Crippen molar-refractivity contribution in [2.45, 2.75) is 39.4 Å². The van der Waals surface area contributed by atoms with Gasteiger partial charge in [-0.05, 0) is 39.3 Å².